The van der Waals surface area contributed by atoms with Crippen molar-refractivity contribution in [3.63, 3.8) is 0 Å². The molecule has 0 heterocycles. The number of benzene rings is 1. The maximum Gasteiger partial charge on any atom is 0.261 e. The molecule has 1 aromatic carbocycles. The molecule has 74 valence electrons. The second-order valence-corrected chi connectivity index (χ2v) is 6.21. The molecule has 0 aliphatic carbocycles. The van der Waals surface area contributed by atoms with Crippen LogP contribution < -0.4 is 0 Å². The zero-order valence-corrected chi connectivity index (χ0v) is 10.8. The first-order chi connectivity index (χ1) is 6.38. The monoisotopic (exact) mass is 341 g/mol. The van der Waals surface area contributed by atoms with Gasteiger partial charge in [0.25, 0.3) is 9.05 Å². The molecule has 14 heavy (non-hydrogen) atoms. The van der Waals surface area contributed by atoms with Crippen molar-refractivity contribution in [1.29, 1.82) is 5.26 Å². The molecule has 0 radical (unpaired) electrons. The molecule has 0 fully saturated rings. The van der Waals surface area contributed by atoms with Crippen LogP contribution in [-0.2, 0) is 9.05 Å². The van der Waals surface area contributed by atoms with Crippen molar-refractivity contribution in [1.82, 2.24) is 0 Å². The van der Waals surface area contributed by atoms with E-state index in [9.17, 15) is 8.42 Å². The fraction of sp³-hybridized carbons (Fsp3) is 0.125. The molecule has 3 nitrogen and oxygen atoms in total. The normalized spacial score (nSPS) is 11.0. The highest BCUT2D eigenvalue weighted by atomic mass is 127. The lowest BCUT2D eigenvalue weighted by atomic mass is 10.1. The van der Waals surface area contributed by atoms with Crippen LogP contribution in [-0.4, -0.2) is 8.42 Å². The molecule has 0 aromatic heterocycles. The Labute approximate surface area is 100 Å². The molecule has 0 aliphatic rings. The third-order valence-electron chi connectivity index (χ3n) is 1.72. The summed E-state index contributed by atoms with van der Waals surface area (Å²) in [4.78, 5) is 0.0579. The number of hydrogen-bond donors (Lipinski definition) is 0. The van der Waals surface area contributed by atoms with Crippen molar-refractivity contribution in [3.8, 4) is 6.07 Å². The van der Waals surface area contributed by atoms with Gasteiger partial charge in [-0.1, -0.05) is 0 Å². The lowest BCUT2D eigenvalue weighted by Crippen LogP contribution is -1.98. The molecule has 1 aromatic rings. The van der Waals surface area contributed by atoms with Gasteiger partial charge in [0.1, 0.15) is 6.07 Å². The average Bonchev–Trinajstić information content (AvgIpc) is 2.07. The van der Waals surface area contributed by atoms with E-state index in [4.69, 9.17) is 15.9 Å². The van der Waals surface area contributed by atoms with E-state index in [2.05, 4.69) is 0 Å². The lowest BCUT2D eigenvalue weighted by molar-refractivity contribution is 0.609. The maximum absolute atomic E-state index is 11.1. The van der Waals surface area contributed by atoms with Gasteiger partial charge in [0, 0.05) is 14.3 Å². The molecule has 0 aliphatic heterocycles. The van der Waals surface area contributed by atoms with E-state index < -0.39 is 9.05 Å². The van der Waals surface area contributed by atoms with Gasteiger partial charge in [0.2, 0.25) is 0 Å². The number of nitriles is 1. The van der Waals surface area contributed by atoms with Crippen LogP contribution in [0.5, 0.6) is 0 Å². The Balaban J connectivity index is 3.57. The fourth-order valence-corrected chi connectivity index (χ4v) is 2.99. The van der Waals surface area contributed by atoms with Gasteiger partial charge in [0.05, 0.1) is 10.5 Å². The first-order valence-electron chi connectivity index (χ1n) is 3.52. The zero-order chi connectivity index (χ0) is 10.9. The highest BCUT2D eigenvalue weighted by Gasteiger charge is 2.16. The van der Waals surface area contributed by atoms with E-state index in [0.717, 1.165) is 0 Å². The van der Waals surface area contributed by atoms with Gasteiger partial charge in [-0.2, -0.15) is 5.26 Å². The molecule has 0 atom stereocenters. The van der Waals surface area contributed by atoms with Crippen LogP contribution in [0.25, 0.3) is 0 Å². The molecule has 6 heteroatoms. The number of rotatable bonds is 1. The van der Waals surface area contributed by atoms with Gasteiger partial charge >= 0.3 is 0 Å². The molecule has 0 saturated carbocycles. The highest BCUT2D eigenvalue weighted by Crippen LogP contribution is 2.25. The van der Waals surface area contributed by atoms with Crippen LogP contribution in [0, 0.1) is 21.8 Å². The minimum absolute atomic E-state index is 0.0579. The van der Waals surface area contributed by atoms with Gasteiger partial charge < -0.3 is 0 Å². The van der Waals surface area contributed by atoms with E-state index in [1.54, 1.807) is 6.92 Å². The van der Waals surface area contributed by atoms with Crippen molar-refractivity contribution >= 4 is 42.3 Å². The Hall–Kier alpha value is -0.320. The fourth-order valence-electron chi connectivity index (χ4n) is 1.02. The molecule has 0 amide bonds. The third kappa shape index (κ3) is 2.19. The van der Waals surface area contributed by atoms with E-state index >= 15 is 0 Å². The summed E-state index contributed by atoms with van der Waals surface area (Å²) in [6, 6.07) is 4.76. The Bertz CT molecular complexity index is 519. The van der Waals surface area contributed by atoms with Crippen molar-refractivity contribution in [2.75, 3.05) is 0 Å². The van der Waals surface area contributed by atoms with Crippen LogP contribution in [0.1, 0.15) is 11.1 Å². The van der Waals surface area contributed by atoms with Crippen molar-refractivity contribution in [2.45, 2.75) is 11.8 Å². The SMILES string of the molecule is Cc1c(S(=O)(=O)Cl)ccc(C#N)c1I. The standard InChI is InChI=1S/C8H5ClINO2S/c1-5-7(14(9,12)13)3-2-6(4-11)8(5)10/h2-3H,1H3. The molecular formula is C8H5ClINO2S. The van der Waals surface area contributed by atoms with Crippen LogP contribution in [0.3, 0.4) is 0 Å². The summed E-state index contributed by atoms with van der Waals surface area (Å²) < 4.78 is 22.8. The van der Waals surface area contributed by atoms with Gasteiger partial charge in [0.15, 0.2) is 0 Å². The van der Waals surface area contributed by atoms with Crippen molar-refractivity contribution in [3.05, 3.63) is 26.8 Å². The summed E-state index contributed by atoms with van der Waals surface area (Å²) in [6.07, 6.45) is 0. The van der Waals surface area contributed by atoms with E-state index in [1.165, 1.54) is 12.1 Å². The summed E-state index contributed by atoms with van der Waals surface area (Å²) in [7, 11) is 1.49. The smallest absolute Gasteiger partial charge is 0.207 e. The first-order valence-corrected chi connectivity index (χ1v) is 6.90. The Morgan fingerprint density at radius 1 is 1.50 bits per heavy atom. The van der Waals surface area contributed by atoms with E-state index in [1.807, 2.05) is 28.7 Å². The minimum Gasteiger partial charge on any atom is -0.207 e. The highest BCUT2D eigenvalue weighted by molar-refractivity contribution is 14.1. The molecule has 0 N–H and O–H groups in total. The van der Waals surface area contributed by atoms with Crippen molar-refractivity contribution in [2.24, 2.45) is 0 Å². The Morgan fingerprint density at radius 2 is 2.07 bits per heavy atom. The predicted octanol–water partition coefficient (Wildman–Crippen LogP) is 2.40. The molecular weight excluding hydrogens is 337 g/mol. The third-order valence-corrected chi connectivity index (χ3v) is 4.58. The topological polar surface area (TPSA) is 57.9 Å². The second kappa shape index (κ2) is 4.04. The predicted molar refractivity (Wildman–Crippen MR) is 61.6 cm³/mol. The zero-order valence-electron chi connectivity index (χ0n) is 7.08. The largest absolute Gasteiger partial charge is 0.261 e. The number of nitrogens with zero attached hydrogens (tertiary/aromatic N) is 1. The van der Waals surface area contributed by atoms with Crippen LogP contribution >= 0.6 is 33.3 Å². The summed E-state index contributed by atoms with van der Waals surface area (Å²) in [5.74, 6) is 0. The minimum atomic E-state index is -3.72. The van der Waals surface area contributed by atoms with E-state index in [-0.39, 0.29) is 4.90 Å². The maximum atomic E-state index is 11.1. The second-order valence-electron chi connectivity index (χ2n) is 2.60. The Kier molecular flexibility index (Phi) is 3.40. The summed E-state index contributed by atoms with van der Waals surface area (Å²) in [6.45, 7) is 1.62. The molecule has 1 rings (SSSR count). The summed E-state index contributed by atoms with van der Waals surface area (Å²) >= 11 is 1.92. The lowest BCUT2D eigenvalue weighted by Gasteiger charge is -2.05. The van der Waals surface area contributed by atoms with Gasteiger partial charge in [-0.3, -0.25) is 0 Å². The first kappa shape index (κ1) is 11.8. The Morgan fingerprint density at radius 3 is 2.50 bits per heavy atom. The van der Waals surface area contributed by atoms with Gasteiger partial charge in [-0.05, 0) is 47.2 Å². The number of hydrogen-bond acceptors (Lipinski definition) is 3. The summed E-state index contributed by atoms with van der Waals surface area (Å²) in [5, 5.41) is 8.70. The molecule has 0 saturated heterocycles. The molecule has 0 unspecified atom stereocenters. The molecule has 0 spiro atoms. The van der Waals surface area contributed by atoms with Gasteiger partial charge in [-0.25, -0.2) is 8.42 Å². The van der Waals surface area contributed by atoms with Crippen LogP contribution in [0.2, 0.25) is 0 Å². The summed E-state index contributed by atoms with van der Waals surface area (Å²) in [5.41, 5.74) is 0.965. The van der Waals surface area contributed by atoms with Crippen LogP contribution in [0.4, 0.5) is 0 Å². The van der Waals surface area contributed by atoms with Crippen LogP contribution in [0.15, 0.2) is 17.0 Å². The average molecular weight is 342 g/mol. The van der Waals surface area contributed by atoms with E-state index in [0.29, 0.717) is 14.7 Å². The quantitative estimate of drug-likeness (QED) is 0.582. The number of halogens is 2. The molecule has 0 bridgehead atoms. The van der Waals surface area contributed by atoms with Crippen molar-refractivity contribution < 1.29 is 8.42 Å². The van der Waals surface area contributed by atoms with Gasteiger partial charge in [-0.15, -0.1) is 0 Å².